The summed E-state index contributed by atoms with van der Waals surface area (Å²) < 4.78 is 4.94. The van der Waals surface area contributed by atoms with Gasteiger partial charge in [0.05, 0.1) is 18.2 Å². The van der Waals surface area contributed by atoms with E-state index in [1.54, 1.807) is 24.8 Å². The van der Waals surface area contributed by atoms with Crippen LogP contribution in [0.4, 0.5) is 0 Å². The second-order valence-electron chi connectivity index (χ2n) is 3.38. The maximum atomic E-state index is 11.5. The van der Waals surface area contributed by atoms with Crippen LogP contribution in [0.1, 0.15) is 29.3 Å². The summed E-state index contributed by atoms with van der Waals surface area (Å²) in [6.45, 7) is 2.18. The monoisotopic (exact) mass is 249 g/mol. The number of benzene rings is 1. The van der Waals surface area contributed by atoms with E-state index in [0.29, 0.717) is 18.6 Å². The first-order valence-electron chi connectivity index (χ1n) is 5.48. The first-order valence-corrected chi connectivity index (χ1v) is 6.64. The normalized spacial score (nSPS) is 9.65. The summed E-state index contributed by atoms with van der Waals surface area (Å²) in [5.41, 5.74) is 1.67. The molecule has 0 heterocycles. The number of nitriles is 1. The highest BCUT2D eigenvalue weighted by atomic mass is 32.2. The highest BCUT2D eigenvalue weighted by Crippen LogP contribution is 2.15. The molecular weight excluding hydrogens is 234 g/mol. The van der Waals surface area contributed by atoms with Gasteiger partial charge in [-0.2, -0.15) is 17.0 Å². The van der Waals surface area contributed by atoms with Crippen LogP contribution in [0.3, 0.4) is 0 Å². The molecule has 0 amide bonds. The zero-order valence-corrected chi connectivity index (χ0v) is 10.6. The minimum absolute atomic E-state index is 0.281. The molecule has 90 valence electrons. The number of hydrogen-bond acceptors (Lipinski definition) is 4. The van der Waals surface area contributed by atoms with Crippen molar-refractivity contribution in [3.63, 3.8) is 0 Å². The molecule has 1 rings (SSSR count). The molecule has 0 N–H and O–H groups in total. The van der Waals surface area contributed by atoms with Crippen molar-refractivity contribution < 1.29 is 9.53 Å². The van der Waals surface area contributed by atoms with Gasteiger partial charge in [-0.25, -0.2) is 4.79 Å². The Morgan fingerprint density at radius 1 is 1.53 bits per heavy atom. The van der Waals surface area contributed by atoms with Gasteiger partial charge in [-0.1, -0.05) is 12.1 Å². The number of hydrogen-bond donors (Lipinski definition) is 0. The van der Waals surface area contributed by atoms with E-state index in [9.17, 15) is 4.79 Å². The fourth-order valence-corrected chi connectivity index (χ4v) is 2.11. The van der Waals surface area contributed by atoms with E-state index in [1.165, 1.54) is 0 Å². The molecule has 0 saturated heterocycles. The molecule has 17 heavy (non-hydrogen) atoms. The number of ether oxygens (including phenoxy) is 1. The molecule has 0 radical (unpaired) electrons. The van der Waals surface area contributed by atoms with Crippen LogP contribution in [0.5, 0.6) is 0 Å². The maximum absolute atomic E-state index is 11.5. The molecular formula is C13H15NO2S. The van der Waals surface area contributed by atoms with Gasteiger partial charge < -0.3 is 4.74 Å². The van der Waals surface area contributed by atoms with Gasteiger partial charge in [0.15, 0.2) is 0 Å². The lowest BCUT2D eigenvalue weighted by molar-refractivity contribution is 0.0526. The third kappa shape index (κ3) is 4.92. The van der Waals surface area contributed by atoms with Crippen molar-refractivity contribution in [3.8, 4) is 6.07 Å². The summed E-state index contributed by atoms with van der Waals surface area (Å²) in [6.07, 6.45) is 0.558. The molecule has 1 aromatic carbocycles. The van der Waals surface area contributed by atoms with E-state index in [4.69, 9.17) is 10.00 Å². The number of thioether (sulfide) groups is 1. The largest absolute Gasteiger partial charge is 0.462 e. The minimum atomic E-state index is -0.281. The number of esters is 1. The first-order chi connectivity index (χ1) is 8.27. The molecule has 0 fully saturated rings. The van der Waals surface area contributed by atoms with Crippen molar-refractivity contribution in [3.05, 3.63) is 35.4 Å². The lowest BCUT2D eigenvalue weighted by Crippen LogP contribution is -2.04. The van der Waals surface area contributed by atoms with Gasteiger partial charge in [0.1, 0.15) is 0 Å². The third-order valence-corrected chi connectivity index (χ3v) is 3.10. The van der Waals surface area contributed by atoms with Crippen LogP contribution in [0, 0.1) is 11.3 Å². The molecule has 0 atom stereocenters. The van der Waals surface area contributed by atoms with E-state index in [-0.39, 0.29) is 5.97 Å². The molecule has 0 saturated carbocycles. The molecule has 0 bridgehead atoms. The molecule has 0 aliphatic carbocycles. The van der Waals surface area contributed by atoms with Gasteiger partial charge in [0.2, 0.25) is 0 Å². The molecule has 0 aliphatic rings. The summed E-state index contributed by atoms with van der Waals surface area (Å²) >= 11 is 1.69. The van der Waals surface area contributed by atoms with Crippen molar-refractivity contribution in [1.82, 2.24) is 0 Å². The first kappa shape index (κ1) is 13.6. The average molecular weight is 249 g/mol. The summed E-state index contributed by atoms with van der Waals surface area (Å²) in [5, 5.41) is 8.41. The molecule has 1 aromatic rings. The Morgan fingerprint density at radius 3 is 3.06 bits per heavy atom. The van der Waals surface area contributed by atoms with Gasteiger partial charge >= 0.3 is 5.97 Å². The van der Waals surface area contributed by atoms with E-state index in [0.717, 1.165) is 17.1 Å². The lowest BCUT2D eigenvalue weighted by atomic mass is 10.1. The summed E-state index contributed by atoms with van der Waals surface area (Å²) in [7, 11) is 0. The van der Waals surface area contributed by atoms with Crippen LogP contribution in [-0.2, 0) is 10.5 Å². The Labute approximate surface area is 106 Å². The Bertz CT molecular complexity index is 412. The lowest BCUT2D eigenvalue weighted by Gasteiger charge is -2.04. The fourth-order valence-electron chi connectivity index (χ4n) is 1.31. The summed E-state index contributed by atoms with van der Waals surface area (Å²) in [4.78, 5) is 11.5. The van der Waals surface area contributed by atoms with E-state index in [1.807, 2.05) is 18.2 Å². The molecule has 4 heteroatoms. The number of rotatable bonds is 6. The van der Waals surface area contributed by atoms with Crippen molar-refractivity contribution in [1.29, 1.82) is 5.26 Å². The molecule has 0 aromatic heterocycles. The minimum Gasteiger partial charge on any atom is -0.462 e. The van der Waals surface area contributed by atoms with Crippen LogP contribution in [0.15, 0.2) is 24.3 Å². The molecule has 0 aliphatic heterocycles. The zero-order chi connectivity index (χ0) is 12.5. The van der Waals surface area contributed by atoms with Crippen LogP contribution in [0.25, 0.3) is 0 Å². The smallest absolute Gasteiger partial charge is 0.338 e. The van der Waals surface area contributed by atoms with Gasteiger partial charge in [0, 0.05) is 17.9 Å². The highest BCUT2D eigenvalue weighted by Gasteiger charge is 2.06. The zero-order valence-electron chi connectivity index (χ0n) is 9.81. The predicted molar refractivity (Wildman–Crippen MR) is 68.8 cm³/mol. The standard InChI is InChI=1S/C13H15NO2S/c1-2-16-13(15)12-6-3-5-11(9-12)10-17-8-4-7-14/h3,5-6,9H,2,4,8,10H2,1H3. The second kappa shape index (κ2) is 7.75. The van der Waals surface area contributed by atoms with E-state index >= 15 is 0 Å². The highest BCUT2D eigenvalue weighted by molar-refractivity contribution is 7.98. The second-order valence-corrected chi connectivity index (χ2v) is 4.49. The van der Waals surface area contributed by atoms with Gasteiger partial charge in [-0.05, 0) is 24.6 Å². The summed E-state index contributed by atoms with van der Waals surface area (Å²) in [6, 6.07) is 9.53. The number of carbonyl (C=O) groups is 1. The average Bonchev–Trinajstić information content (AvgIpc) is 2.35. The van der Waals surface area contributed by atoms with Crippen molar-refractivity contribution >= 4 is 17.7 Å². The van der Waals surface area contributed by atoms with Crippen molar-refractivity contribution in [2.45, 2.75) is 19.1 Å². The predicted octanol–water partition coefficient (Wildman–Crippen LogP) is 3.01. The van der Waals surface area contributed by atoms with Gasteiger partial charge in [0.25, 0.3) is 0 Å². The van der Waals surface area contributed by atoms with Crippen LogP contribution >= 0.6 is 11.8 Å². The Morgan fingerprint density at radius 2 is 2.35 bits per heavy atom. The van der Waals surface area contributed by atoms with Crippen molar-refractivity contribution in [2.75, 3.05) is 12.4 Å². The van der Waals surface area contributed by atoms with Gasteiger partial charge in [-0.3, -0.25) is 0 Å². The Hall–Kier alpha value is -1.47. The summed E-state index contributed by atoms with van der Waals surface area (Å²) in [5.74, 6) is 1.35. The quantitative estimate of drug-likeness (QED) is 0.574. The fraction of sp³-hybridized carbons (Fsp3) is 0.385. The van der Waals surface area contributed by atoms with Crippen LogP contribution < -0.4 is 0 Å². The molecule has 0 unspecified atom stereocenters. The molecule has 3 nitrogen and oxygen atoms in total. The number of nitrogens with zero attached hydrogens (tertiary/aromatic N) is 1. The van der Waals surface area contributed by atoms with Gasteiger partial charge in [-0.15, -0.1) is 0 Å². The van der Waals surface area contributed by atoms with Crippen LogP contribution in [-0.4, -0.2) is 18.3 Å². The van der Waals surface area contributed by atoms with E-state index in [2.05, 4.69) is 6.07 Å². The van der Waals surface area contributed by atoms with Crippen molar-refractivity contribution in [2.24, 2.45) is 0 Å². The maximum Gasteiger partial charge on any atom is 0.338 e. The van der Waals surface area contributed by atoms with E-state index < -0.39 is 0 Å². The SMILES string of the molecule is CCOC(=O)c1cccc(CSCCC#N)c1. The topological polar surface area (TPSA) is 50.1 Å². The number of carbonyl (C=O) groups excluding carboxylic acids is 1. The Kier molecular flexibility index (Phi) is 6.19. The van der Waals surface area contributed by atoms with Crippen LogP contribution in [0.2, 0.25) is 0 Å². The Balaban J connectivity index is 2.54. The third-order valence-electron chi connectivity index (χ3n) is 2.07. The molecule has 0 spiro atoms.